The van der Waals surface area contributed by atoms with Crippen molar-refractivity contribution in [3.63, 3.8) is 0 Å². The summed E-state index contributed by atoms with van der Waals surface area (Å²) in [5.74, 6) is 1.73. The second-order valence-electron chi connectivity index (χ2n) is 9.02. The van der Waals surface area contributed by atoms with Gasteiger partial charge in [-0.05, 0) is 44.6 Å². The van der Waals surface area contributed by atoms with Gasteiger partial charge in [0.25, 0.3) is 5.91 Å². The summed E-state index contributed by atoms with van der Waals surface area (Å²) < 4.78 is 0. The molecule has 3 saturated carbocycles. The highest BCUT2D eigenvalue weighted by Gasteiger charge is 2.31. The van der Waals surface area contributed by atoms with Crippen molar-refractivity contribution in [2.75, 3.05) is 0 Å². The van der Waals surface area contributed by atoms with Crippen LogP contribution < -0.4 is 5.32 Å². The molecule has 4 rings (SSSR count). The van der Waals surface area contributed by atoms with Gasteiger partial charge in [0.1, 0.15) is 19.4 Å². The van der Waals surface area contributed by atoms with Gasteiger partial charge in [-0.15, -0.1) is 0 Å². The minimum Gasteiger partial charge on any atom is -0.354 e. The van der Waals surface area contributed by atoms with Gasteiger partial charge in [0, 0.05) is 23.0 Å². The molecule has 3 aliphatic carbocycles. The molecule has 0 atom stereocenters. The van der Waals surface area contributed by atoms with Gasteiger partial charge < -0.3 is 5.32 Å². The fraction of sp³-hybridized carbons (Fsp3) is 0.773. The Hall–Kier alpha value is -1.39. The lowest BCUT2D eigenvalue weighted by Crippen LogP contribution is -2.49. The van der Waals surface area contributed by atoms with Gasteiger partial charge in [-0.3, -0.25) is 4.79 Å². The molecule has 0 bridgehead atoms. The van der Waals surface area contributed by atoms with Gasteiger partial charge in [0.05, 0.1) is 0 Å². The van der Waals surface area contributed by atoms with E-state index >= 15 is 0 Å². The Morgan fingerprint density at radius 1 is 0.889 bits per heavy atom. The first-order valence-electron chi connectivity index (χ1n) is 11.1. The molecule has 144 valence electrons. The Morgan fingerprint density at radius 2 is 1.52 bits per heavy atom. The molecule has 3 aliphatic rings. The molecule has 0 aromatic carbocycles. The third-order valence-corrected chi connectivity index (χ3v) is 6.57. The highest BCUT2D eigenvalue weighted by atomic mass is 16.2. The maximum atomic E-state index is 13.1. The summed E-state index contributed by atoms with van der Waals surface area (Å²) in [7, 11) is 6.63. The van der Waals surface area contributed by atoms with Crippen LogP contribution in [0.5, 0.6) is 0 Å². The molecule has 0 aliphatic heterocycles. The van der Waals surface area contributed by atoms with Crippen molar-refractivity contribution < 1.29 is 4.79 Å². The van der Waals surface area contributed by atoms with Gasteiger partial charge in [0.2, 0.25) is 0 Å². The molecule has 4 nitrogen and oxygen atoms in total. The van der Waals surface area contributed by atoms with Crippen LogP contribution in [-0.4, -0.2) is 29.2 Å². The minimum atomic E-state index is -0.598. The van der Waals surface area contributed by atoms with E-state index in [0.29, 0.717) is 17.5 Å². The largest absolute Gasteiger partial charge is 0.354 e. The van der Waals surface area contributed by atoms with Gasteiger partial charge in [-0.1, -0.05) is 51.4 Å². The molecule has 27 heavy (non-hydrogen) atoms. The maximum absolute atomic E-state index is 13.1. The number of nitrogens with zero attached hydrogens (tertiary/aromatic N) is 2. The molecular formula is C22H32BN3O. The number of carbonyl (C=O) groups excluding carboxylic acids is 1. The smallest absolute Gasteiger partial charge is 0.269 e. The number of aromatic nitrogens is 2. The van der Waals surface area contributed by atoms with Gasteiger partial charge >= 0.3 is 0 Å². The van der Waals surface area contributed by atoms with E-state index in [4.69, 9.17) is 17.8 Å². The summed E-state index contributed by atoms with van der Waals surface area (Å²) in [5.41, 5.74) is 0.996. The average molecular weight is 365 g/mol. The zero-order valence-electron chi connectivity index (χ0n) is 16.5. The van der Waals surface area contributed by atoms with E-state index in [1.54, 1.807) is 0 Å². The normalized spacial score (nSPS) is 24.0. The first-order chi connectivity index (χ1) is 13.1. The molecule has 0 spiro atoms. The molecule has 1 aromatic heterocycles. The first kappa shape index (κ1) is 19.0. The van der Waals surface area contributed by atoms with Crippen LogP contribution in [0, 0.1) is 0 Å². The van der Waals surface area contributed by atoms with Crippen molar-refractivity contribution in [1.82, 2.24) is 15.3 Å². The summed E-state index contributed by atoms with van der Waals surface area (Å²) in [6.45, 7) is 0. The lowest BCUT2D eigenvalue weighted by atomic mass is 9.70. The number of carbonyl (C=O) groups is 1. The molecule has 1 N–H and O–H groups in total. The topological polar surface area (TPSA) is 54.9 Å². The van der Waals surface area contributed by atoms with Gasteiger partial charge in [0.15, 0.2) is 0 Å². The predicted octanol–water partition coefficient (Wildman–Crippen LogP) is 4.74. The van der Waals surface area contributed by atoms with Crippen LogP contribution in [0.25, 0.3) is 0 Å². The number of amides is 1. The molecule has 3 fully saturated rings. The zero-order chi connectivity index (χ0) is 18.7. The molecule has 2 radical (unpaired) electrons. The van der Waals surface area contributed by atoms with E-state index in [9.17, 15) is 4.79 Å². The van der Waals surface area contributed by atoms with Crippen LogP contribution in [0.3, 0.4) is 0 Å². The van der Waals surface area contributed by atoms with E-state index in [0.717, 1.165) is 50.0 Å². The second-order valence-corrected chi connectivity index (χ2v) is 9.02. The van der Waals surface area contributed by atoms with Crippen LogP contribution in [0.1, 0.15) is 124 Å². The summed E-state index contributed by atoms with van der Waals surface area (Å²) in [5, 5.41) is 3.16. The zero-order valence-corrected chi connectivity index (χ0v) is 16.5. The Labute approximate surface area is 164 Å². The second kappa shape index (κ2) is 8.32. The van der Waals surface area contributed by atoms with E-state index < -0.39 is 5.44 Å². The number of nitrogens with one attached hydrogen (secondary N) is 1. The number of rotatable bonds is 4. The highest BCUT2D eigenvalue weighted by molar-refractivity contribution is 6.17. The number of hydrogen-bond donors (Lipinski definition) is 1. The molecule has 0 saturated heterocycles. The molecule has 0 unspecified atom stereocenters. The lowest BCUT2D eigenvalue weighted by molar-refractivity contribution is 0.0914. The van der Waals surface area contributed by atoms with Crippen LogP contribution >= 0.6 is 0 Å². The summed E-state index contributed by atoms with van der Waals surface area (Å²) >= 11 is 0. The number of hydrogen-bond acceptors (Lipinski definition) is 3. The molecule has 1 amide bonds. The Morgan fingerprint density at radius 3 is 2.15 bits per heavy atom. The van der Waals surface area contributed by atoms with E-state index in [-0.39, 0.29) is 5.91 Å². The fourth-order valence-electron chi connectivity index (χ4n) is 4.68. The van der Waals surface area contributed by atoms with Crippen molar-refractivity contribution in [1.29, 1.82) is 0 Å². The van der Waals surface area contributed by atoms with E-state index in [1.165, 1.54) is 51.4 Å². The van der Waals surface area contributed by atoms with Crippen molar-refractivity contribution in [3.8, 4) is 0 Å². The van der Waals surface area contributed by atoms with Gasteiger partial charge in [-0.2, -0.15) is 0 Å². The monoisotopic (exact) mass is 365 g/mol. The summed E-state index contributed by atoms with van der Waals surface area (Å²) in [6.07, 6.45) is 16.0. The third-order valence-electron chi connectivity index (χ3n) is 6.57. The standard InChI is InChI=1S/C22H32BN3O/c23-22(13-7-3-1-2-4-8-14-22)26-21(27)19-15-18(16-11-12-16)24-20(25-19)17-9-5-6-10-17/h15-17H,1-14H2,(H,26,27). The quantitative estimate of drug-likeness (QED) is 0.784. The molecule has 5 heteroatoms. The van der Waals surface area contributed by atoms with Crippen LogP contribution in [0.15, 0.2) is 6.07 Å². The van der Waals surface area contributed by atoms with Crippen molar-refractivity contribution in [2.24, 2.45) is 0 Å². The maximum Gasteiger partial charge on any atom is 0.269 e. The predicted molar refractivity (Wildman–Crippen MR) is 108 cm³/mol. The fourth-order valence-corrected chi connectivity index (χ4v) is 4.68. The minimum absolute atomic E-state index is 0.111. The molecule has 1 aromatic rings. The SMILES string of the molecule is [B]C1(NC(=O)c2cc(C3CC3)nc(C3CCCC3)n2)CCCCCCCC1. The van der Waals surface area contributed by atoms with Crippen LogP contribution in [0.2, 0.25) is 0 Å². The average Bonchev–Trinajstić information content (AvgIpc) is 3.34. The summed E-state index contributed by atoms with van der Waals surface area (Å²) in [4.78, 5) is 22.6. The molecular weight excluding hydrogens is 333 g/mol. The van der Waals surface area contributed by atoms with Crippen molar-refractivity contribution in [3.05, 3.63) is 23.3 Å². The Bertz CT molecular complexity index is 658. The van der Waals surface area contributed by atoms with E-state index in [1.807, 2.05) is 6.07 Å². The Kier molecular flexibility index (Phi) is 5.84. The molecule has 1 heterocycles. The first-order valence-corrected chi connectivity index (χ1v) is 11.1. The Balaban J connectivity index is 1.52. The van der Waals surface area contributed by atoms with Gasteiger partial charge in [-0.25, -0.2) is 9.97 Å². The van der Waals surface area contributed by atoms with Crippen LogP contribution in [0.4, 0.5) is 0 Å². The van der Waals surface area contributed by atoms with E-state index in [2.05, 4.69) is 5.32 Å². The summed E-state index contributed by atoms with van der Waals surface area (Å²) in [6, 6.07) is 1.92. The van der Waals surface area contributed by atoms with Crippen molar-refractivity contribution in [2.45, 2.75) is 107 Å². The lowest BCUT2D eigenvalue weighted by Gasteiger charge is -2.31. The third kappa shape index (κ3) is 4.91. The van der Waals surface area contributed by atoms with Crippen LogP contribution in [-0.2, 0) is 0 Å². The highest BCUT2D eigenvalue weighted by Crippen LogP contribution is 2.40. The van der Waals surface area contributed by atoms with Crippen molar-refractivity contribution >= 4 is 13.8 Å².